The first-order valence-electron chi connectivity index (χ1n) is 7.28. The molecule has 0 aromatic carbocycles. The quantitative estimate of drug-likeness (QED) is 0.556. The first-order valence-corrected chi connectivity index (χ1v) is 8.10. The number of carbonyl (C=O) groups excluding carboxylic acids is 3. The summed E-state index contributed by atoms with van der Waals surface area (Å²) in [6.07, 6.45) is 0.0531. The van der Waals surface area contributed by atoms with Gasteiger partial charge in [-0.05, 0) is 19.1 Å². The predicted molar refractivity (Wildman–Crippen MR) is 84.1 cm³/mol. The van der Waals surface area contributed by atoms with Crippen molar-refractivity contribution in [2.75, 3.05) is 26.8 Å². The van der Waals surface area contributed by atoms with Crippen molar-refractivity contribution < 1.29 is 19.1 Å². The summed E-state index contributed by atoms with van der Waals surface area (Å²) in [5.41, 5.74) is 0. The van der Waals surface area contributed by atoms with E-state index in [2.05, 4.69) is 0 Å². The van der Waals surface area contributed by atoms with E-state index in [9.17, 15) is 19.6 Å². The Morgan fingerprint density at radius 1 is 1.52 bits per heavy atom. The van der Waals surface area contributed by atoms with Gasteiger partial charge in [-0.2, -0.15) is 5.26 Å². The van der Waals surface area contributed by atoms with E-state index in [-0.39, 0.29) is 18.9 Å². The largest absolute Gasteiger partial charge is 0.383 e. The number of likely N-dealkylation sites (tertiary alicyclic amines) is 1. The average molecular weight is 334 g/mol. The summed E-state index contributed by atoms with van der Waals surface area (Å²) in [5.74, 6) is -3.02. The molecule has 1 aromatic heterocycles. The van der Waals surface area contributed by atoms with Gasteiger partial charge in [-0.1, -0.05) is 0 Å². The highest BCUT2D eigenvalue weighted by molar-refractivity contribution is 7.14. The number of hydrogen-bond acceptors (Lipinski definition) is 6. The molecule has 7 heteroatoms. The summed E-state index contributed by atoms with van der Waals surface area (Å²) in [4.78, 5) is 39.7. The van der Waals surface area contributed by atoms with Gasteiger partial charge in [0, 0.05) is 37.4 Å². The van der Waals surface area contributed by atoms with Gasteiger partial charge in [0.15, 0.2) is 17.5 Å². The van der Waals surface area contributed by atoms with Gasteiger partial charge in [-0.15, -0.1) is 11.3 Å². The summed E-state index contributed by atoms with van der Waals surface area (Å²) >= 11 is 1.26. The number of rotatable bonds is 7. The van der Waals surface area contributed by atoms with Crippen molar-refractivity contribution in [3.63, 3.8) is 0 Å². The molecule has 0 saturated carbocycles. The Balaban J connectivity index is 2.07. The fraction of sp³-hybridized carbons (Fsp3) is 0.500. The van der Waals surface area contributed by atoms with Gasteiger partial charge in [0.2, 0.25) is 5.91 Å². The lowest BCUT2D eigenvalue weighted by molar-refractivity contribution is -0.129. The van der Waals surface area contributed by atoms with Crippen molar-refractivity contribution in [1.82, 2.24) is 4.90 Å². The molecule has 0 radical (unpaired) electrons. The average Bonchev–Trinajstić information content (AvgIpc) is 3.12. The molecule has 0 unspecified atom stereocenters. The molecule has 2 heterocycles. The minimum Gasteiger partial charge on any atom is -0.383 e. The van der Waals surface area contributed by atoms with Crippen molar-refractivity contribution in [2.45, 2.75) is 13.3 Å². The van der Waals surface area contributed by atoms with E-state index in [1.807, 2.05) is 13.0 Å². The third-order valence-corrected chi connectivity index (χ3v) is 4.86. The normalized spacial score (nSPS) is 18.7. The zero-order valence-electron chi connectivity index (χ0n) is 13.1. The summed E-state index contributed by atoms with van der Waals surface area (Å²) < 4.78 is 4.93. The third-order valence-electron chi connectivity index (χ3n) is 3.84. The predicted octanol–water partition coefficient (Wildman–Crippen LogP) is 1.44. The zero-order chi connectivity index (χ0) is 17.0. The first-order chi connectivity index (χ1) is 11.0. The number of ketones is 2. The van der Waals surface area contributed by atoms with E-state index >= 15 is 0 Å². The number of carbonyl (C=O) groups is 3. The number of ether oxygens (including phenoxy) is 1. The lowest BCUT2D eigenvalue weighted by Gasteiger charge is -2.16. The maximum Gasteiger partial charge on any atom is 0.223 e. The van der Waals surface area contributed by atoms with Gasteiger partial charge in [0.25, 0.3) is 0 Å². The van der Waals surface area contributed by atoms with Gasteiger partial charge in [-0.3, -0.25) is 14.4 Å². The topological polar surface area (TPSA) is 87.5 Å². The second-order valence-electron chi connectivity index (χ2n) is 5.47. The van der Waals surface area contributed by atoms with Crippen molar-refractivity contribution in [3.8, 4) is 6.07 Å². The van der Waals surface area contributed by atoms with Crippen LogP contribution in [0.15, 0.2) is 12.1 Å². The Kier molecular flexibility index (Phi) is 5.64. The van der Waals surface area contributed by atoms with Crippen LogP contribution in [0.4, 0.5) is 0 Å². The van der Waals surface area contributed by atoms with E-state index in [0.717, 1.165) is 4.88 Å². The molecule has 1 aromatic rings. The van der Waals surface area contributed by atoms with Crippen molar-refractivity contribution >= 4 is 28.8 Å². The van der Waals surface area contributed by atoms with Gasteiger partial charge in [-0.25, -0.2) is 0 Å². The van der Waals surface area contributed by atoms with Crippen LogP contribution in [0.1, 0.15) is 21.0 Å². The lowest BCUT2D eigenvalue weighted by Crippen LogP contribution is -2.32. The van der Waals surface area contributed by atoms with Crippen LogP contribution in [0.5, 0.6) is 0 Å². The molecule has 23 heavy (non-hydrogen) atoms. The Hall–Kier alpha value is -2.04. The van der Waals surface area contributed by atoms with Gasteiger partial charge in [0.1, 0.15) is 0 Å². The molecule has 0 aliphatic carbocycles. The van der Waals surface area contributed by atoms with Crippen LogP contribution in [0.25, 0.3) is 0 Å². The number of thiophene rings is 1. The Morgan fingerprint density at radius 2 is 2.26 bits per heavy atom. The minimum absolute atomic E-state index is 0.0531. The molecule has 1 fully saturated rings. The van der Waals surface area contributed by atoms with Crippen molar-refractivity contribution in [1.29, 1.82) is 5.26 Å². The van der Waals surface area contributed by atoms with E-state index in [0.29, 0.717) is 18.0 Å². The standard InChI is InChI=1S/C16H18N2O4S/c1-10-3-4-13(23-10)16(21)12(8-17)15(20)11-7-14(19)18(9-11)5-6-22-2/h3-4,11-12H,5-7,9H2,1-2H3/t11-,12+/m1/s1. The van der Waals surface area contributed by atoms with E-state index in [4.69, 9.17) is 4.74 Å². The highest BCUT2D eigenvalue weighted by Crippen LogP contribution is 2.25. The number of hydrogen-bond donors (Lipinski definition) is 0. The Bertz CT molecular complexity index is 661. The van der Waals surface area contributed by atoms with Crippen molar-refractivity contribution in [3.05, 3.63) is 21.9 Å². The molecule has 1 aliphatic rings. The van der Waals surface area contributed by atoms with E-state index < -0.39 is 23.4 Å². The number of Topliss-reactive ketones (excluding diaryl/α,β-unsaturated/α-hetero) is 2. The number of methoxy groups -OCH3 is 1. The SMILES string of the molecule is COCCN1C[C@H](C(=O)[C@H](C#N)C(=O)c2ccc(C)s2)CC1=O. The van der Waals surface area contributed by atoms with Crippen LogP contribution in [0.2, 0.25) is 0 Å². The fourth-order valence-electron chi connectivity index (χ4n) is 2.58. The summed E-state index contributed by atoms with van der Waals surface area (Å²) in [6, 6.07) is 5.22. The van der Waals surface area contributed by atoms with Crippen LogP contribution in [0.3, 0.4) is 0 Å². The molecule has 1 amide bonds. The molecular formula is C16H18N2O4S. The van der Waals surface area contributed by atoms with Crippen molar-refractivity contribution in [2.24, 2.45) is 11.8 Å². The van der Waals surface area contributed by atoms with E-state index in [1.165, 1.54) is 18.4 Å². The molecular weight excluding hydrogens is 316 g/mol. The molecule has 122 valence electrons. The van der Waals surface area contributed by atoms with Crippen LogP contribution in [-0.2, 0) is 14.3 Å². The third kappa shape index (κ3) is 3.84. The molecule has 0 N–H and O–H groups in total. The maximum atomic E-state index is 12.5. The molecule has 2 rings (SSSR count). The van der Waals surface area contributed by atoms with Gasteiger partial charge in [0.05, 0.1) is 17.6 Å². The van der Waals surface area contributed by atoms with Gasteiger partial charge < -0.3 is 9.64 Å². The fourth-order valence-corrected chi connectivity index (χ4v) is 3.41. The second kappa shape index (κ2) is 7.49. The summed E-state index contributed by atoms with van der Waals surface area (Å²) in [5, 5.41) is 9.26. The van der Waals surface area contributed by atoms with E-state index in [1.54, 1.807) is 17.0 Å². The van der Waals surface area contributed by atoms with Gasteiger partial charge >= 0.3 is 0 Å². The number of nitriles is 1. The number of nitrogens with zero attached hydrogens (tertiary/aromatic N) is 2. The molecule has 0 spiro atoms. The molecule has 0 bridgehead atoms. The number of aryl methyl sites for hydroxylation is 1. The number of amides is 1. The smallest absolute Gasteiger partial charge is 0.223 e. The van der Waals surface area contributed by atoms with Crippen LogP contribution >= 0.6 is 11.3 Å². The van der Waals surface area contributed by atoms with Crippen LogP contribution in [0, 0.1) is 30.1 Å². The summed E-state index contributed by atoms with van der Waals surface area (Å²) in [7, 11) is 1.54. The monoisotopic (exact) mass is 334 g/mol. The molecule has 6 nitrogen and oxygen atoms in total. The Morgan fingerprint density at radius 3 is 2.83 bits per heavy atom. The highest BCUT2D eigenvalue weighted by atomic mass is 32.1. The van der Waals surface area contributed by atoms with Crippen LogP contribution < -0.4 is 0 Å². The first kappa shape index (κ1) is 17.3. The highest BCUT2D eigenvalue weighted by Gasteiger charge is 2.40. The summed E-state index contributed by atoms with van der Waals surface area (Å²) in [6.45, 7) is 2.90. The molecule has 1 saturated heterocycles. The Labute approximate surface area is 138 Å². The zero-order valence-corrected chi connectivity index (χ0v) is 13.9. The lowest BCUT2D eigenvalue weighted by atomic mass is 9.89. The molecule has 1 aliphatic heterocycles. The maximum absolute atomic E-state index is 12.5. The molecule has 2 atom stereocenters. The second-order valence-corrected chi connectivity index (χ2v) is 6.76. The minimum atomic E-state index is -1.34. The van der Waals surface area contributed by atoms with Crippen LogP contribution in [-0.4, -0.2) is 49.2 Å².